The molecule has 0 amide bonds. The van der Waals surface area contributed by atoms with Crippen molar-refractivity contribution in [1.29, 1.82) is 0 Å². The molecule has 1 aliphatic heterocycles. The van der Waals surface area contributed by atoms with Gasteiger partial charge in [0.15, 0.2) is 0 Å². The van der Waals surface area contributed by atoms with Crippen molar-refractivity contribution in [3.63, 3.8) is 0 Å². The molecule has 0 radical (unpaired) electrons. The number of rotatable bonds is 4. The van der Waals surface area contributed by atoms with E-state index in [-0.39, 0.29) is 0 Å². The van der Waals surface area contributed by atoms with Crippen LogP contribution >= 0.6 is 0 Å². The predicted octanol–water partition coefficient (Wildman–Crippen LogP) is 3.07. The van der Waals surface area contributed by atoms with Crippen molar-refractivity contribution in [1.82, 2.24) is 4.31 Å². The summed E-state index contributed by atoms with van der Waals surface area (Å²) in [6.45, 7) is 6.56. The molecule has 0 aromatic heterocycles. The molecule has 2 aromatic rings. The summed E-state index contributed by atoms with van der Waals surface area (Å²) in [6.07, 6.45) is 0.984. The number of piperazine rings is 1. The molecule has 3 rings (SSSR count). The third-order valence-corrected chi connectivity index (χ3v) is 6.47. The second kappa shape index (κ2) is 6.95. The van der Waals surface area contributed by atoms with Crippen molar-refractivity contribution in [2.24, 2.45) is 0 Å². The maximum Gasteiger partial charge on any atom is 0.243 e. The van der Waals surface area contributed by atoms with Gasteiger partial charge >= 0.3 is 0 Å². The molecule has 0 bridgehead atoms. The van der Waals surface area contributed by atoms with Crippen LogP contribution in [-0.2, 0) is 16.4 Å². The number of hydrogen-bond donors (Lipinski definition) is 0. The standard InChI is InChI=1S/C19H24N2O2S/c1-3-17-8-4-5-10-19(17)20-11-13-21(14-12-20)24(22,23)18-9-6-7-16(2)15-18/h4-10,15H,3,11-14H2,1-2H3. The molecular formula is C19H24N2O2S. The molecule has 0 saturated carbocycles. The summed E-state index contributed by atoms with van der Waals surface area (Å²) in [7, 11) is -3.40. The maximum absolute atomic E-state index is 12.8. The lowest BCUT2D eigenvalue weighted by Crippen LogP contribution is -2.48. The third kappa shape index (κ3) is 3.32. The van der Waals surface area contributed by atoms with E-state index in [9.17, 15) is 8.42 Å². The minimum atomic E-state index is -3.40. The molecular weight excluding hydrogens is 320 g/mol. The number of sulfonamides is 1. The van der Waals surface area contributed by atoms with Crippen LogP contribution in [0.15, 0.2) is 53.4 Å². The Kier molecular flexibility index (Phi) is 4.92. The normalized spacial score (nSPS) is 16.3. The second-order valence-corrected chi connectivity index (χ2v) is 8.13. The van der Waals surface area contributed by atoms with E-state index in [1.807, 2.05) is 19.1 Å². The van der Waals surface area contributed by atoms with E-state index in [4.69, 9.17) is 0 Å². The fourth-order valence-corrected chi connectivity index (χ4v) is 4.74. The molecule has 0 spiro atoms. The summed E-state index contributed by atoms with van der Waals surface area (Å²) >= 11 is 0. The van der Waals surface area contributed by atoms with E-state index in [1.54, 1.807) is 22.5 Å². The topological polar surface area (TPSA) is 40.6 Å². The van der Waals surface area contributed by atoms with Gasteiger partial charge in [0, 0.05) is 31.9 Å². The molecule has 0 unspecified atom stereocenters. The second-order valence-electron chi connectivity index (χ2n) is 6.19. The van der Waals surface area contributed by atoms with Crippen LogP contribution in [0.4, 0.5) is 5.69 Å². The molecule has 1 heterocycles. The Labute approximate surface area is 144 Å². The summed E-state index contributed by atoms with van der Waals surface area (Å²) in [4.78, 5) is 2.69. The van der Waals surface area contributed by atoms with E-state index in [2.05, 4.69) is 30.0 Å². The van der Waals surface area contributed by atoms with Crippen molar-refractivity contribution < 1.29 is 8.42 Å². The number of nitrogens with zero attached hydrogens (tertiary/aromatic N) is 2. The smallest absolute Gasteiger partial charge is 0.243 e. The SMILES string of the molecule is CCc1ccccc1N1CCN(S(=O)(=O)c2cccc(C)c2)CC1. The number of aryl methyl sites for hydroxylation is 2. The Morgan fingerprint density at radius 3 is 2.33 bits per heavy atom. The van der Waals surface area contributed by atoms with Gasteiger partial charge in [0.05, 0.1) is 4.90 Å². The lowest BCUT2D eigenvalue weighted by Gasteiger charge is -2.36. The fraction of sp³-hybridized carbons (Fsp3) is 0.368. The van der Waals surface area contributed by atoms with E-state index in [0.717, 1.165) is 25.1 Å². The first kappa shape index (κ1) is 17.0. The number of hydrogen-bond acceptors (Lipinski definition) is 3. The zero-order valence-corrected chi connectivity index (χ0v) is 15.1. The van der Waals surface area contributed by atoms with Gasteiger partial charge in [-0.25, -0.2) is 8.42 Å². The zero-order chi connectivity index (χ0) is 17.2. The van der Waals surface area contributed by atoms with Crippen LogP contribution in [0.1, 0.15) is 18.1 Å². The molecule has 128 valence electrons. The van der Waals surface area contributed by atoms with Gasteiger partial charge in [0.2, 0.25) is 10.0 Å². The number of benzene rings is 2. The van der Waals surface area contributed by atoms with Gasteiger partial charge in [0.1, 0.15) is 0 Å². The first-order valence-electron chi connectivity index (χ1n) is 8.42. The summed E-state index contributed by atoms with van der Waals surface area (Å²) in [5.74, 6) is 0. The van der Waals surface area contributed by atoms with Gasteiger partial charge in [0.25, 0.3) is 0 Å². The van der Waals surface area contributed by atoms with Crippen LogP contribution in [0, 0.1) is 6.92 Å². The monoisotopic (exact) mass is 344 g/mol. The van der Waals surface area contributed by atoms with Crippen molar-refractivity contribution in [3.8, 4) is 0 Å². The molecule has 2 aromatic carbocycles. The van der Waals surface area contributed by atoms with Crippen LogP contribution in [-0.4, -0.2) is 38.9 Å². The molecule has 1 saturated heterocycles. The van der Waals surface area contributed by atoms with Gasteiger partial charge in [-0.2, -0.15) is 4.31 Å². The highest BCUT2D eigenvalue weighted by Gasteiger charge is 2.28. The van der Waals surface area contributed by atoms with Crippen LogP contribution in [0.25, 0.3) is 0 Å². The summed E-state index contributed by atoms with van der Waals surface area (Å²) in [6, 6.07) is 15.5. The van der Waals surface area contributed by atoms with Crippen LogP contribution in [0.3, 0.4) is 0 Å². The highest BCUT2D eigenvalue weighted by Crippen LogP contribution is 2.24. The molecule has 0 aliphatic carbocycles. The minimum Gasteiger partial charge on any atom is -0.369 e. The highest BCUT2D eigenvalue weighted by molar-refractivity contribution is 7.89. The van der Waals surface area contributed by atoms with Crippen molar-refractivity contribution in [2.45, 2.75) is 25.2 Å². The number of para-hydroxylation sites is 1. The van der Waals surface area contributed by atoms with Crippen molar-refractivity contribution >= 4 is 15.7 Å². The first-order valence-corrected chi connectivity index (χ1v) is 9.86. The van der Waals surface area contributed by atoms with Crippen molar-refractivity contribution in [2.75, 3.05) is 31.1 Å². The fourth-order valence-electron chi connectivity index (χ4n) is 3.21. The van der Waals surface area contributed by atoms with Gasteiger partial charge in [-0.05, 0) is 42.7 Å². The van der Waals surface area contributed by atoms with Crippen LogP contribution in [0.2, 0.25) is 0 Å². The van der Waals surface area contributed by atoms with Crippen molar-refractivity contribution in [3.05, 3.63) is 59.7 Å². The highest BCUT2D eigenvalue weighted by atomic mass is 32.2. The Bertz CT molecular complexity index is 810. The van der Waals surface area contributed by atoms with E-state index >= 15 is 0 Å². The quantitative estimate of drug-likeness (QED) is 0.856. The van der Waals surface area contributed by atoms with Gasteiger partial charge in [-0.3, -0.25) is 0 Å². The third-order valence-electron chi connectivity index (χ3n) is 4.58. The summed E-state index contributed by atoms with van der Waals surface area (Å²) in [5, 5.41) is 0. The molecule has 1 fully saturated rings. The Balaban J connectivity index is 1.75. The molecule has 1 aliphatic rings. The van der Waals surface area contributed by atoms with Gasteiger partial charge < -0.3 is 4.90 Å². The molecule has 4 nitrogen and oxygen atoms in total. The molecule has 0 N–H and O–H groups in total. The zero-order valence-electron chi connectivity index (χ0n) is 14.3. The lowest BCUT2D eigenvalue weighted by atomic mass is 10.1. The van der Waals surface area contributed by atoms with E-state index < -0.39 is 10.0 Å². The lowest BCUT2D eigenvalue weighted by molar-refractivity contribution is 0.384. The van der Waals surface area contributed by atoms with Crippen LogP contribution in [0.5, 0.6) is 0 Å². The predicted molar refractivity (Wildman–Crippen MR) is 98.0 cm³/mol. The average molecular weight is 344 g/mol. The largest absolute Gasteiger partial charge is 0.369 e. The Hall–Kier alpha value is -1.85. The summed E-state index contributed by atoms with van der Waals surface area (Å²) in [5.41, 5.74) is 3.51. The number of anilines is 1. The minimum absolute atomic E-state index is 0.393. The Morgan fingerprint density at radius 1 is 0.958 bits per heavy atom. The molecule has 24 heavy (non-hydrogen) atoms. The van der Waals surface area contributed by atoms with Gasteiger partial charge in [-0.1, -0.05) is 37.3 Å². The van der Waals surface area contributed by atoms with Crippen LogP contribution < -0.4 is 4.90 Å². The van der Waals surface area contributed by atoms with E-state index in [0.29, 0.717) is 18.0 Å². The summed E-state index contributed by atoms with van der Waals surface area (Å²) < 4.78 is 27.2. The van der Waals surface area contributed by atoms with Gasteiger partial charge in [-0.15, -0.1) is 0 Å². The maximum atomic E-state index is 12.8. The average Bonchev–Trinajstić information content (AvgIpc) is 2.62. The molecule has 5 heteroatoms. The first-order chi connectivity index (χ1) is 11.5. The molecule has 0 atom stereocenters. The van der Waals surface area contributed by atoms with E-state index in [1.165, 1.54) is 11.3 Å². The Morgan fingerprint density at radius 2 is 1.67 bits per heavy atom.